The van der Waals surface area contributed by atoms with Gasteiger partial charge >= 0.3 is 0 Å². The Hall–Kier alpha value is -2.74. The lowest BCUT2D eigenvalue weighted by Gasteiger charge is -2.26. The molecule has 2 N–H and O–H groups in total. The topological polar surface area (TPSA) is 93.7 Å². The Morgan fingerprint density at radius 1 is 1.16 bits per heavy atom. The first-order valence-electron chi connectivity index (χ1n) is 7.65. The van der Waals surface area contributed by atoms with Gasteiger partial charge in [0.2, 0.25) is 10.0 Å². The SMILES string of the molecule is CS(=O)(=O)Nc1cccc(C(=O)NC[C@@H]2COc3ccccc3O2)c1. The molecule has 132 valence electrons. The van der Waals surface area contributed by atoms with E-state index in [9.17, 15) is 13.2 Å². The molecule has 1 aliphatic rings. The van der Waals surface area contributed by atoms with Crippen LogP contribution >= 0.6 is 0 Å². The Balaban J connectivity index is 1.59. The molecule has 8 heteroatoms. The van der Waals surface area contributed by atoms with Gasteiger partial charge in [-0.15, -0.1) is 0 Å². The van der Waals surface area contributed by atoms with Crippen molar-refractivity contribution in [3.63, 3.8) is 0 Å². The lowest BCUT2D eigenvalue weighted by molar-refractivity contribution is 0.0789. The summed E-state index contributed by atoms with van der Waals surface area (Å²) < 4.78 is 36.3. The summed E-state index contributed by atoms with van der Waals surface area (Å²) in [5.74, 6) is 1.01. The summed E-state index contributed by atoms with van der Waals surface area (Å²) in [7, 11) is -3.40. The van der Waals surface area contributed by atoms with E-state index < -0.39 is 10.0 Å². The molecule has 1 atom stereocenters. The number of amides is 1. The molecule has 0 saturated carbocycles. The molecule has 0 spiro atoms. The minimum Gasteiger partial charge on any atom is -0.486 e. The molecule has 1 heterocycles. The second kappa shape index (κ2) is 7.02. The van der Waals surface area contributed by atoms with Crippen molar-refractivity contribution in [3.05, 3.63) is 54.1 Å². The summed E-state index contributed by atoms with van der Waals surface area (Å²) in [6.45, 7) is 0.615. The van der Waals surface area contributed by atoms with Gasteiger partial charge in [-0.3, -0.25) is 9.52 Å². The lowest BCUT2D eigenvalue weighted by atomic mass is 10.2. The molecule has 7 nitrogen and oxygen atoms in total. The van der Waals surface area contributed by atoms with Crippen molar-refractivity contribution in [1.29, 1.82) is 0 Å². The quantitative estimate of drug-likeness (QED) is 0.843. The molecular formula is C17H18N2O5S. The lowest BCUT2D eigenvalue weighted by Crippen LogP contribution is -2.40. The number of rotatable bonds is 5. The molecule has 0 aromatic heterocycles. The van der Waals surface area contributed by atoms with Crippen molar-refractivity contribution >= 4 is 21.6 Å². The number of para-hydroxylation sites is 2. The number of anilines is 1. The van der Waals surface area contributed by atoms with Gasteiger partial charge in [0.15, 0.2) is 11.5 Å². The number of carbonyl (C=O) groups excluding carboxylic acids is 1. The van der Waals surface area contributed by atoms with Crippen LogP contribution in [0.1, 0.15) is 10.4 Å². The van der Waals surface area contributed by atoms with Crippen LogP contribution in [0.3, 0.4) is 0 Å². The highest BCUT2D eigenvalue weighted by Gasteiger charge is 2.21. The summed E-state index contributed by atoms with van der Waals surface area (Å²) in [6.07, 6.45) is 0.758. The van der Waals surface area contributed by atoms with E-state index in [2.05, 4.69) is 10.0 Å². The third kappa shape index (κ3) is 4.63. The minimum absolute atomic E-state index is 0.275. The summed E-state index contributed by atoms with van der Waals surface area (Å²) in [5.41, 5.74) is 0.687. The number of hydrogen-bond acceptors (Lipinski definition) is 5. The van der Waals surface area contributed by atoms with Gasteiger partial charge in [-0.05, 0) is 30.3 Å². The molecule has 0 fully saturated rings. The van der Waals surface area contributed by atoms with Crippen LogP contribution in [0.5, 0.6) is 11.5 Å². The van der Waals surface area contributed by atoms with Crippen molar-refractivity contribution < 1.29 is 22.7 Å². The molecule has 1 aliphatic heterocycles. The fourth-order valence-electron chi connectivity index (χ4n) is 2.41. The average Bonchev–Trinajstić information content (AvgIpc) is 2.58. The van der Waals surface area contributed by atoms with Crippen LogP contribution in [0.4, 0.5) is 5.69 Å². The smallest absolute Gasteiger partial charge is 0.251 e. The third-order valence-electron chi connectivity index (χ3n) is 3.49. The molecule has 2 aromatic rings. The number of benzene rings is 2. The van der Waals surface area contributed by atoms with E-state index in [0.717, 1.165) is 6.26 Å². The van der Waals surface area contributed by atoms with Crippen molar-refractivity contribution in [2.24, 2.45) is 0 Å². The Morgan fingerprint density at radius 3 is 2.68 bits per heavy atom. The summed E-state index contributed by atoms with van der Waals surface area (Å²) in [5, 5.41) is 2.77. The zero-order valence-electron chi connectivity index (χ0n) is 13.6. The fraction of sp³-hybridized carbons (Fsp3) is 0.235. The van der Waals surface area contributed by atoms with E-state index in [1.165, 1.54) is 6.07 Å². The molecule has 0 bridgehead atoms. The maximum absolute atomic E-state index is 12.3. The monoisotopic (exact) mass is 362 g/mol. The van der Waals surface area contributed by atoms with E-state index in [1.807, 2.05) is 24.3 Å². The largest absolute Gasteiger partial charge is 0.486 e. The number of fused-ring (bicyclic) bond motifs is 1. The van der Waals surface area contributed by atoms with Crippen molar-refractivity contribution in [2.75, 3.05) is 24.1 Å². The Kier molecular flexibility index (Phi) is 4.80. The van der Waals surface area contributed by atoms with Gasteiger partial charge in [0.25, 0.3) is 5.91 Å². The standard InChI is InChI=1S/C17H18N2O5S/c1-25(21,22)19-13-6-4-5-12(9-13)17(20)18-10-14-11-23-15-7-2-3-8-16(15)24-14/h2-9,14,19H,10-11H2,1H3,(H,18,20)/t14-/m1/s1. The number of carbonyl (C=O) groups is 1. The van der Waals surface area contributed by atoms with Crippen LogP contribution in [-0.2, 0) is 10.0 Å². The molecular weight excluding hydrogens is 344 g/mol. The van der Waals surface area contributed by atoms with Crippen LogP contribution in [0.25, 0.3) is 0 Å². The van der Waals surface area contributed by atoms with Crippen molar-refractivity contribution in [3.8, 4) is 11.5 Å². The molecule has 25 heavy (non-hydrogen) atoms. The van der Waals surface area contributed by atoms with Gasteiger partial charge in [-0.2, -0.15) is 0 Å². The summed E-state index contributed by atoms with van der Waals surface area (Å²) >= 11 is 0. The minimum atomic E-state index is -3.40. The van der Waals surface area contributed by atoms with Crippen LogP contribution in [-0.4, -0.2) is 39.8 Å². The molecule has 0 unspecified atom stereocenters. The van der Waals surface area contributed by atoms with E-state index in [-0.39, 0.29) is 18.6 Å². The maximum Gasteiger partial charge on any atom is 0.251 e. The Morgan fingerprint density at radius 2 is 1.92 bits per heavy atom. The van der Waals surface area contributed by atoms with Crippen molar-refractivity contribution in [1.82, 2.24) is 5.32 Å². The van der Waals surface area contributed by atoms with Gasteiger partial charge < -0.3 is 14.8 Å². The zero-order valence-corrected chi connectivity index (χ0v) is 14.4. The van der Waals surface area contributed by atoms with Crippen LogP contribution in [0, 0.1) is 0 Å². The molecule has 2 aromatic carbocycles. The maximum atomic E-state index is 12.3. The summed E-state index contributed by atoms with van der Waals surface area (Å²) in [6, 6.07) is 13.6. The first-order chi connectivity index (χ1) is 11.9. The molecule has 0 radical (unpaired) electrons. The van der Waals surface area contributed by atoms with Gasteiger partial charge in [0.05, 0.1) is 12.8 Å². The highest BCUT2D eigenvalue weighted by molar-refractivity contribution is 7.92. The molecule has 0 saturated heterocycles. The first kappa shape index (κ1) is 17.1. The number of sulfonamides is 1. The molecule has 0 aliphatic carbocycles. The third-order valence-corrected chi connectivity index (χ3v) is 4.09. The number of ether oxygens (including phenoxy) is 2. The second-order valence-corrected chi connectivity index (χ2v) is 7.41. The van der Waals surface area contributed by atoms with E-state index in [4.69, 9.17) is 9.47 Å². The van der Waals surface area contributed by atoms with Gasteiger partial charge in [-0.25, -0.2) is 8.42 Å². The molecule has 3 rings (SSSR count). The number of hydrogen-bond donors (Lipinski definition) is 2. The second-order valence-electron chi connectivity index (χ2n) is 5.66. The zero-order chi connectivity index (χ0) is 17.9. The first-order valence-corrected chi connectivity index (χ1v) is 9.54. The predicted molar refractivity (Wildman–Crippen MR) is 93.6 cm³/mol. The fourth-order valence-corrected chi connectivity index (χ4v) is 2.97. The normalized spacial score (nSPS) is 16.1. The van der Waals surface area contributed by atoms with E-state index >= 15 is 0 Å². The molecule has 1 amide bonds. The summed E-state index contributed by atoms with van der Waals surface area (Å²) in [4.78, 5) is 12.3. The van der Waals surface area contributed by atoms with Gasteiger partial charge in [-0.1, -0.05) is 18.2 Å². The Labute approximate surface area is 146 Å². The highest BCUT2D eigenvalue weighted by atomic mass is 32.2. The van der Waals surface area contributed by atoms with Gasteiger partial charge in [0.1, 0.15) is 12.7 Å². The van der Waals surface area contributed by atoms with Crippen LogP contribution in [0.2, 0.25) is 0 Å². The Bertz CT molecular complexity index is 882. The van der Waals surface area contributed by atoms with Crippen LogP contribution in [0.15, 0.2) is 48.5 Å². The van der Waals surface area contributed by atoms with E-state index in [1.54, 1.807) is 18.2 Å². The van der Waals surface area contributed by atoms with Crippen molar-refractivity contribution in [2.45, 2.75) is 6.10 Å². The average molecular weight is 362 g/mol. The van der Waals surface area contributed by atoms with E-state index in [0.29, 0.717) is 29.4 Å². The van der Waals surface area contributed by atoms with Gasteiger partial charge in [0, 0.05) is 11.3 Å². The highest BCUT2D eigenvalue weighted by Crippen LogP contribution is 2.30. The predicted octanol–water partition coefficient (Wildman–Crippen LogP) is 1.63. The number of nitrogens with one attached hydrogen (secondary N) is 2. The van der Waals surface area contributed by atoms with Crippen LogP contribution < -0.4 is 19.5 Å².